The Balaban J connectivity index is 0.00000264. The predicted octanol–water partition coefficient (Wildman–Crippen LogP) is 1.70. The highest BCUT2D eigenvalue weighted by molar-refractivity contribution is 5.91. The van der Waals surface area contributed by atoms with Crippen LogP contribution < -0.4 is 11.1 Å². The SMILES string of the molecule is CCC(C)C(N)C(=O)NC1CCN(Cc2ccccc2)C1=O.Cl. The van der Waals surface area contributed by atoms with Crippen LogP contribution in [0, 0.1) is 5.92 Å². The fourth-order valence-corrected chi connectivity index (χ4v) is 2.61. The molecule has 1 aliphatic rings. The van der Waals surface area contributed by atoms with E-state index in [9.17, 15) is 9.59 Å². The Morgan fingerprint density at radius 3 is 2.65 bits per heavy atom. The highest BCUT2D eigenvalue weighted by Gasteiger charge is 2.34. The molecule has 1 saturated heterocycles. The van der Waals surface area contributed by atoms with Crippen molar-refractivity contribution in [2.24, 2.45) is 11.7 Å². The lowest BCUT2D eigenvalue weighted by Gasteiger charge is -2.21. The zero-order chi connectivity index (χ0) is 16.1. The summed E-state index contributed by atoms with van der Waals surface area (Å²) < 4.78 is 0. The molecule has 1 aromatic carbocycles. The van der Waals surface area contributed by atoms with Crippen LogP contribution in [0.2, 0.25) is 0 Å². The minimum Gasteiger partial charge on any atom is -0.343 e. The Morgan fingerprint density at radius 2 is 2.04 bits per heavy atom. The van der Waals surface area contributed by atoms with E-state index in [0.29, 0.717) is 19.5 Å². The largest absolute Gasteiger partial charge is 0.343 e. The molecule has 1 aromatic rings. The third-order valence-electron chi connectivity index (χ3n) is 4.39. The van der Waals surface area contributed by atoms with Gasteiger partial charge in [0, 0.05) is 13.1 Å². The van der Waals surface area contributed by atoms with Crippen molar-refractivity contribution in [1.82, 2.24) is 10.2 Å². The van der Waals surface area contributed by atoms with Gasteiger partial charge in [-0.3, -0.25) is 9.59 Å². The first-order valence-corrected chi connectivity index (χ1v) is 7.91. The Bertz CT molecular complexity index is 524. The molecule has 0 radical (unpaired) electrons. The van der Waals surface area contributed by atoms with Crippen LogP contribution >= 0.6 is 12.4 Å². The number of nitrogens with zero attached hydrogens (tertiary/aromatic N) is 1. The third kappa shape index (κ3) is 4.94. The van der Waals surface area contributed by atoms with Crippen LogP contribution in [-0.2, 0) is 16.1 Å². The van der Waals surface area contributed by atoms with Gasteiger partial charge in [-0.05, 0) is 17.9 Å². The summed E-state index contributed by atoms with van der Waals surface area (Å²) in [6.45, 7) is 5.20. The van der Waals surface area contributed by atoms with Crippen LogP contribution in [0.15, 0.2) is 30.3 Å². The van der Waals surface area contributed by atoms with E-state index in [-0.39, 0.29) is 30.1 Å². The van der Waals surface area contributed by atoms with Gasteiger partial charge in [0.25, 0.3) is 0 Å². The Hall–Kier alpha value is -1.59. The molecule has 0 spiro atoms. The lowest BCUT2D eigenvalue weighted by molar-refractivity contribution is -0.133. The molecule has 3 unspecified atom stereocenters. The van der Waals surface area contributed by atoms with E-state index in [2.05, 4.69) is 5.32 Å². The first-order chi connectivity index (χ1) is 10.5. The molecule has 128 valence electrons. The summed E-state index contributed by atoms with van der Waals surface area (Å²) in [6.07, 6.45) is 1.48. The second-order valence-corrected chi connectivity index (χ2v) is 6.01. The highest BCUT2D eigenvalue weighted by Crippen LogP contribution is 2.16. The van der Waals surface area contributed by atoms with Gasteiger partial charge >= 0.3 is 0 Å². The number of likely N-dealkylation sites (tertiary alicyclic amines) is 1. The summed E-state index contributed by atoms with van der Waals surface area (Å²) >= 11 is 0. The zero-order valence-electron chi connectivity index (χ0n) is 13.7. The zero-order valence-corrected chi connectivity index (χ0v) is 14.5. The smallest absolute Gasteiger partial charge is 0.245 e. The number of hydrogen-bond acceptors (Lipinski definition) is 3. The number of nitrogens with two attached hydrogens (primary N) is 1. The third-order valence-corrected chi connectivity index (χ3v) is 4.39. The Labute approximate surface area is 144 Å². The second kappa shape index (κ2) is 8.89. The van der Waals surface area contributed by atoms with Crippen LogP contribution in [0.1, 0.15) is 32.3 Å². The number of rotatable bonds is 6. The maximum atomic E-state index is 12.4. The maximum absolute atomic E-state index is 12.4. The van der Waals surface area contributed by atoms with Crippen LogP contribution in [0.5, 0.6) is 0 Å². The van der Waals surface area contributed by atoms with Crippen molar-refractivity contribution in [2.45, 2.75) is 45.3 Å². The molecule has 23 heavy (non-hydrogen) atoms. The molecule has 0 aliphatic carbocycles. The van der Waals surface area contributed by atoms with E-state index in [1.807, 2.05) is 44.2 Å². The average molecular weight is 340 g/mol. The van der Waals surface area contributed by atoms with E-state index in [0.717, 1.165) is 12.0 Å². The minimum atomic E-state index is -0.555. The molecule has 5 nitrogen and oxygen atoms in total. The lowest BCUT2D eigenvalue weighted by Crippen LogP contribution is -2.50. The fourth-order valence-electron chi connectivity index (χ4n) is 2.61. The van der Waals surface area contributed by atoms with Crippen molar-refractivity contribution in [1.29, 1.82) is 0 Å². The van der Waals surface area contributed by atoms with Gasteiger partial charge < -0.3 is 16.0 Å². The van der Waals surface area contributed by atoms with Crippen LogP contribution in [0.3, 0.4) is 0 Å². The number of amides is 2. The summed E-state index contributed by atoms with van der Waals surface area (Å²) in [5, 5.41) is 2.80. The second-order valence-electron chi connectivity index (χ2n) is 6.01. The summed E-state index contributed by atoms with van der Waals surface area (Å²) in [7, 11) is 0. The topological polar surface area (TPSA) is 75.4 Å². The maximum Gasteiger partial charge on any atom is 0.245 e. The van der Waals surface area contributed by atoms with Crippen molar-refractivity contribution >= 4 is 24.2 Å². The van der Waals surface area contributed by atoms with Crippen LogP contribution in [0.4, 0.5) is 0 Å². The van der Waals surface area contributed by atoms with Crippen LogP contribution in [0.25, 0.3) is 0 Å². The molecule has 1 heterocycles. The Kier molecular flexibility index (Phi) is 7.52. The van der Waals surface area contributed by atoms with E-state index in [1.165, 1.54) is 0 Å². The highest BCUT2D eigenvalue weighted by atomic mass is 35.5. The number of carbonyl (C=O) groups excluding carboxylic acids is 2. The van der Waals surface area contributed by atoms with Gasteiger partial charge in [-0.15, -0.1) is 12.4 Å². The van der Waals surface area contributed by atoms with Crippen molar-refractivity contribution in [2.75, 3.05) is 6.54 Å². The van der Waals surface area contributed by atoms with Gasteiger partial charge in [0.1, 0.15) is 6.04 Å². The Morgan fingerprint density at radius 1 is 1.39 bits per heavy atom. The molecule has 2 rings (SSSR count). The van der Waals surface area contributed by atoms with E-state index in [4.69, 9.17) is 5.73 Å². The number of carbonyl (C=O) groups is 2. The van der Waals surface area contributed by atoms with Gasteiger partial charge in [-0.1, -0.05) is 50.6 Å². The van der Waals surface area contributed by atoms with E-state index in [1.54, 1.807) is 4.90 Å². The number of hydrogen-bond donors (Lipinski definition) is 2. The number of benzene rings is 1. The molecule has 0 aromatic heterocycles. The first-order valence-electron chi connectivity index (χ1n) is 7.91. The van der Waals surface area contributed by atoms with Crippen molar-refractivity contribution in [3.8, 4) is 0 Å². The van der Waals surface area contributed by atoms with Gasteiger partial charge in [0.2, 0.25) is 11.8 Å². The molecule has 2 amide bonds. The van der Waals surface area contributed by atoms with Gasteiger partial charge in [0.15, 0.2) is 0 Å². The average Bonchev–Trinajstić information content (AvgIpc) is 2.87. The van der Waals surface area contributed by atoms with Crippen molar-refractivity contribution < 1.29 is 9.59 Å². The van der Waals surface area contributed by atoms with E-state index < -0.39 is 12.1 Å². The predicted molar refractivity (Wildman–Crippen MR) is 93.1 cm³/mol. The number of nitrogens with one attached hydrogen (secondary N) is 1. The monoisotopic (exact) mass is 339 g/mol. The first kappa shape index (κ1) is 19.5. The van der Waals surface area contributed by atoms with Crippen molar-refractivity contribution in [3.05, 3.63) is 35.9 Å². The van der Waals surface area contributed by atoms with Gasteiger partial charge in [0.05, 0.1) is 6.04 Å². The molecule has 0 bridgehead atoms. The van der Waals surface area contributed by atoms with Crippen LogP contribution in [-0.4, -0.2) is 35.3 Å². The molecular weight excluding hydrogens is 314 g/mol. The molecular formula is C17H26ClN3O2. The summed E-state index contributed by atoms with van der Waals surface area (Å²) in [5.41, 5.74) is 7.01. The number of halogens is 1. The minimum absolute atomic E-state index is 0. The molecule has 1 fully saturated rings. The normalized spacial score (nSPS) is 19.9. The molecule has 3 atom stereocenters. The van der Waals surface area contributed by atoms with E-state index >= 15 is 0 Å². The van der Waals surface area contributed by atoms with Gasteiger partial charge in [-0.25, -0.2) is 0 Å². The standard InChI is InChI=1S/C17H25N3O2.ClH/c1-3-12(2)15(18)16(21)19-14-9-10-20(17(14)22)11-13-7-5-4-6-8-13;/h4-8,12,14-15H,3,9-11,18H2,1-2H3,(H,19,21);1H. The summed E-state index contributed by atoms with van der Waals surface area (Å²) in [5.74, 6) is -0.139. The summed E-state index contributed by atoms with van der Waals surface area (Å²) in [4.78, 5) is 26.3. The summed E-state index contributed by atoms with van der Waals surface area (Å²) in [6, 6.07) is 8.87. The molecule has 1 aliphatic heterocycles. The lowest BCUT2D eigenvalue weighted by atomic mass is 9.99. The molecule has 3 N–H and O–H groups in total. The molecule has 0 saturated carbocycles. The fraction of sp³-hybridized carbons (Fsp3) is 0.529. The quantitative estimate of drug-likeness (QED) is 0.828. The molecule has 6 heteroatoms. The van der Waals surface area contributed by atoms with Gasteiger partial charge in [-0.2, -0.15) is 0 Å². The van der Waals surface area contributed by atoms with Crippen molar-refractivity contribution in [3.63, 3.8) is 0 Å².